The van der Waals surface area contributed by atoms with Gasteiger partial charge in [0.15, 0.2) is 5.76 Å². The normalized spacial score (nSPS) is 10.7. The van der Waals surface area contributed by atoms with Gasteiger partial charge in [-0.25, -0.2) is 0 Å². The van der Waals surface area contributed by atoms with Crippen LogP contribution in [0.1, 0.15) is 21.7 Å². The molecule has 0 amide bonds. The van der Waals surface area contributed by atoms with Gasteiger partial charge in [-0.3, -0.25) is 4.79 Å². The van der Waals surface area contributed by atoms with E-state index in [4.69, 9.17) is 13.9 Å². The first kappa shape index (κ1) is 18.6. The van der Waals surface area contributed by atoms with Crippen LogP contribution >= 0.6 is 0 Å². The van der Waals surface area contributed by atoms with Gasteiger partial charge < -0.3 is 19.2 Å². The van der Waals surface area contributed by atoms with Crippen molar-refractivity contribution in [1.29, 1.82) is 0 Å². The molecular weight excluding hydrogens is 366 g/mol. The number of benzene rings is 3. The smallest absolute Gasteiger partial charge is 0.230 e. The van der Waals surface area contributed by atoms with Crippen LogP contribution in [0.3, 0.4) is 0 Å². The number of para-hydroxylation sites is 2. The molecule has 0 aliphatic carbocycles. The Bertz CT molecular complexity index is 1150. The summed E-state index contributed by atoms with van der Waals surface area (Å²) >= 11 is 0. The summed E-state index contributed by atoms with van der Waals surface area (Å²) in [6, 6.07) is 22.4. The Morgan fingerprint density at radius 2 is 1.62 bits per heavy atom. The summed E-state index contributed by atoms with van der Waals surface area (Å²) in [5.74, 6) is 1.58. The molecule has 1 heterocycles. The molecule has 146 valence electrons. The molecule has 1 aromatic heterocycles. The molecule has 0 aliphatic heterocycles. The topological polar surface area (TPSA) is 60.7 Å². The lowest BCUT2D eigenvalue weighted by atomic mass is 10.1. The summed E-state index contributed by atoms with van der Waals surface area (Å²) in [6.45, 7) is 0.496. The van der Waals surface area contributed by atoms with Gasteiger partial charge in [0.2, 0.25) is 5.78 Å². The fraction of sp³-hybridized carbons (Fsp3) is 0.125. The number of furan rings is 1. The average molecular weight is 387 g/mol. The number of nitrogens with one attached hydrogen (secondary N) is 1. The van der Waals surface area contributed by atoms with Crippen molar-refractivity contribution in [2.75, 3.05) is 19.5 Å². The maximum absolute atomic E-state index is 13.2. The number of carbonyl (C=O) groups excluding carboxylic acids is 1. The minimum absolute atomic E-state index is 0.189. The van der Waals surface area contributed by atoms with Crippen LogP contribution in [0.5, 0.6) is 11.5 Å². The van der Waals surface area contributed by atoms with Gasteiger partial charge in [-0.15, -0.1) is 0 Å². The molecule has 0 saturated carbocycles. The molecule has 0 bridgehead atoms. The van der Waals surface area contributed by atoms with Crippen LogP contribution in [-0.4, -0.2) is 20.0 Å². The fourth-order valence-electron chi connectivity index (χ4n) is 3.29. The van der Waals surface area contributed by atoms with Gasteiger partial charge in [-0.2, -0.15) is 0 Å². The van der Waals surface area contributed by atoms with Crippen molar-refractivity contribution in [2.45, 2.75) is 6.54 Å². The molecule has 4 aromatic rings. The number of carbonyl (C=O) groups is 1. The van der Waals surface area contributed by atoms with Gasteiger partial charge in [-0.05, 0) is 42.5 Å². The van der Waals surface area contributed by atoms with E-state index < -0.39 is 0 Å². The fourth-order valence-corrected chi connectivity index (χ4v) is 3.29. The molecule has 0 spiro atoms. The number of anilines is 1. The van der Waals surface area contributed by atoms with Gasteiger partial charge in [0.1, 0.15) is 17.1 Å². The maximum Gasteiger partial charge on any atom is 0.230 e. The molecule has 1 N–H and O–H groups in total. The summed E-state index contributed by atoms with van der Waals surface area (Å²) < 4.78 is 16.5. The van der Waals surface area contributed by atoms with Crippen LogP contribution in [0.15, 0.2) is 77.2 Å². The molecular formula is C24H21NO4. The van der Waals surface area contributed by atoms with E-state index in [-0.39, 0.29) is 11.5 Å². The molecule has 29 heavy (non-hydrogen) atoms. The summed E-state index contributed by atoms with van der Waals surface area (Å²) in [7, 11) is 3.24. The zero-order valence-electron chi connectivity index (χ0n) is 16.3. The SMILES string of the molecule is COc1ccc(C(=O)c2oc3ccccc3c2NCc2ccccc2OC)cc1. The number of fused-ring (bicyclic) bond motifs is 1. The minimum atomic E-state index is -0.189. The lowest BCUT2D eigenvalue weighted by molar-refractivity contribution is 0.101. The van der Waals surface area contributed by atoms with Crippen LogP contribution in [0.25, 0.3) is 11.0 Å². The van der Waals surface area contributed by atoms with Crippen molar-refractivity contribution in [1.82, 2.24) is 0 Å². The van der Waals surface area contributed by atoms with E-state index in [0.717, 1.165) is 16.7 Å². The molecule has 5 nitrogen and oxygen atoms in total. The van der Waals surface area contributed by atoms with Crippen molar-refractivity contribution in [2.24, 2.45) is 0 Å². The largest absolute Gasteiger partial charge is 0.497 e. The third kappa shape index (κ3) is 3.67. The van der Waals surface area contributed by atoms with E-state index >= 15 is 0 Å². The summed E-state index contributed by atoms with van der Waals surface area (Å²) in [6.07, 6.45) is 0. The quantitative estimate of drug-likeness (QED) is 0.437. The highest BCUT2D eigenvalue weighted by Gasteiger charge is 2.22. The Labute approximate surface area is 168 Å². The second-order valence-corrected chi connectivity index (χ2v) is 6.53. The standard InChI is InChI=1S/C24H21NO4/c1-27-18-13-11-16(12-14-18)23(26)24-22(19-8-4-6-10-21(19)29-24)25-15-17-7-3-5-9-20(17)28-2/h3-14,25H,15H2,1-2H3. The number of methoxy groups -OCH3 is 2. The van der Waals surface area contributed by atoms with Crippen molar-refractivity contribution in [3.05, 3.63) is 89.7 Å². The summed E-state index contributed by atoms with van der Waals surface area (Å²) in [5, 5.41) is 4.24. The zero-order valence-corrected chi connectivity index (χ0v) is 16.3. The van der Waals surface area contributed by atoms with Gasteiger partial charge >= 0.3 is 0 Å². The number of ketones is 1. The highest BCUT2D eigenvalue weighted by Crippen LogP contribution is 2.33. The molecule has 3 aromatic carbocycles. The van der Waals surface area contributed by atoms with Crippen molar-refractivity contribution >= 4 is 22.4 Å². The van der Waals surface area contributed by atoms with Crippen molar-refractivity contribution < 1.29 is 18.7 Å². The molecule has 0 unspecified atom stereocenters. The minimum Gasteiger partial charge on any atom is -0.497 e. The van der Waals surface area contributed by atoms with Gasteiger partial charge in [-0.1, -0.05) is 30.3 Å². The summed E-state index contributed by atoms with van der Waals surface area (Å²) in [4.78, 5) is 13.2. The maximum atomic E-state index is 13.2. The van der Waals surface area contributed by atoms with E-state index in [2.05, 4.69) is 5.32 Å². The van der Waals surface area contributed by atoms with E-state index in [1.165, 1.54) is 0 Å². The molecule has 0 atom stereocenters. The molecule has 0 saturated heterocycles. The van der Waals surface area contributed by atoms with Crippen LogP contribution in [0, 0.1) is 0 Å². The Morgan fingerprint density at radius 1 is 0.897 bits per heavy atom. The van der Waals surface area contributed by atoms with Gasteiger partial charge in [0.25, 0.3) is 0 Å². The second kappa shape index (κ2) is 8.10. The Morgan fingerprint density at radius 3 is 2.38 bits per heavy atom. The molecule has 0 fully saturated rings. The summed E-state index contributed by atoms with van der Waals surface area (Å²) in [5.41, 5.74) is 2.85. The van der Waals surface area contributed by atoms with Crippen molar-refractivity contribution in [3.63, 3.8) is 0 Å². The third-order valence-electron chi connectivity index (χ3n) is 4.80. The van der Waals surface area contributed by atoms with Gasteiger partial charge in [0, 0.05) is 23.1 Å². The first-order valence-electron chi connectivity index (χ1n) is 9.27. The van der Waals surface area contributed by atoms with Crippen LogP contribution in [0.4, 0.5) is 5.69 Å². The van der Waals surface area contributed by atoms with E-state index in [0.29, 0.717) is 29.1 Å². The van der Waals surface area contributed by atoms with Crippen LogP contribution in [0.2, 0.25) is 0 Å². The Balaban J connectivity index is 1.71. The Kier molecular flexibility index (Phi) is 5.20. The van der Waals surface area contributed by atoms with Crippen LogP contribution in [-0.2, 0) is 6.54 Å². The number of rotatable bonds is 7. The van der Waals surface area contributed by atoms with Crippen molar-refractivity contribution in [3.8, 4) is 11.5 Å². The van der Waals surface area contributed by atoms with E-state index in [1.54, 1.807) is 38.5 Å². The predicted octanol–water partition coefficient (Wildman–Crippen LogP) is 5.29. The lowest BCUT2D eigenvalue weighted by Crippen LogP contribution is -2.07. The predicted molar refractivity (Wildman–Crippen MR) is 113 cm³/mol. The third-order valence-corrected chi connectivity index (χ3v) is 4.80. The van der Waals surface area contributed by atoms with E-state index in [9.17, 15) is 4.79 Å². The second-order valence-electron chi connectivity index (χ2n) is 6.53. The highest BCUT2D eigenvalue weighted by molar-refractivity contribution is 6.14. The molecule has 5 heteroatoms. The molecule has 0 aliphatic rings. The average Bonchev–Trinajstić information content (AvgIpc) is 3.16. The number of ether oxygens (including phenoxy) is 2. The molecule has 4 rings (SSSR count). The monoisotopic (exact) mass is 387 g/mol. The van der Waals surface area contributed by atoms with Gasteiger partial charge in [0.05, 0.1) is 19.9 Å². The van der Waals surface area contributed by atoms with Crippen LogP contribution < -0.4 is 14.8 Å². The number of hydrogen-bond donors (Lipinski definition) is 1. The number of hydrogen-bond acceptors (Lipinski definition) is 5. The molecule has 0 radical (unpaired) electrons. The van der Waals surface area contributed by atoms with E-state index in [1.807, 2.05) is 48.5 Å². The zero-order chi connectivity index (χ0) is 20.2. The first-order chi connectivity index (χ1) is 14.2. The Hall–Kier alpha value is -3.73. The first-order valence-corrected chi connectivity index (χ1v) is 9.27. The highest BCUT2D eigenvalue weighted by atomic mass is 16.5. The lowest BCUT2D eigenvalue weighted by Gasteiger charge is -2.11.